The number of nitrogens with zero attached hydrogens (tertiary/aromatic N) is 2. The fourth-order valence-electron chi connectivity index (χ4n) is 4.26. The molecule has 32 heavy (non-hydrogen) atoms. The Hall–Kier alpha value is -2.67. The molecule has 1 saturated heterocycles. The zero-order chi connectivity index (χ0) is 23.4. The van der Waals surface area contributed by atoms with Crippen molar-refractivity contribution in [1.29, 1.82) is 0 Å². The largest absolute Gasteiger partial charge is 0.352 e. The Morgan fingerprint density at radius 2 is 1.75 bits per heavy atom. The number of amides is 4. The van der Waals surface area contributed by atoms with Gasteiger partial charge in [-0.2, -0.15) is 0 Å². The van der Waals surface area contributed by atoms with Gasteiger partial charge in [0.15, 0.2) is 0 Å². The molecule has 1 fully saturated rings. The molecular weight excluding hydrogens is 430 g/mol. The lowest BCUT2D eigenvalue weighted by Crippen LogP contribution is -2.49. The van der Waals surface area contributed by atoms with Crippen molar-refractivity contribution in [3.8, 4) is 0 Å². The smallest absolute Gasteiger partial charge is 0.242 e. The molecule has 172 valence electrons. The van der Waals surface area contributed by atoms with Crippen molar-refractivity contribution in [2.45, 2.75) is 58.7 Å². The second-order valence-corrected chi connectivity index (χ2v) is 9.16. The average Bonchev–Trinajstić information content (AvgIpc) is 2.99. The Morgan fingerprint density at radius 3 is 2.31 bits per heavy atom. The van der Waals surface area contributed by atoms with Crippen molar-refractivity contribution >= 4 is 35.2 Å². The lowest BCUT2D eigenvalue weighted by atomic mass is 9.85. The molecule has 1 N–H and O–H groups in total. The third-order valence-electron chi connectivity index (χ3n) is 5.99. The normalized spacial score (nSPS) is 21.0. The number of imide groups is 1. The topological polar surface area (TPSA) is 86.8 Å². The van der Waals surface area contributed by atoms with Crippen molar-refractivity contribution in [2.24, 2.45) is 11.8 Å². The molecule has 0 saturated carbocycles. The highest BCUT2D eigenvalue weighted by Gasteiger charge is 2.47. The molecule has 1 unspecified atom stereocenters. The first-order valence-corrected chi connectivity index (χ1v) is 11.4. The minimum atomic E-state index is -0.722. The number of fused-ring (bicyclic) bond motifs is 1. The summed E-state index contributed by atoms with van der Waals surface area (Å²) in [6.07, 6.45) is 4.95. The van der Waals surface area contributed by atoms with Crippen molar-refractivity contribution < 1.29 is 19.2 Å². The van der Waals surface area contributed by atoms with Gasteiger partial charge in [0.05, 0.1) is 11.8 Å². The van der Waals surface area contributed by atoms with Crippen LogP contribution in [0.1, 0.15) is 45.6 Å². The Bertz CT molecular complexity index is 904. The number of likely N-dealkylation sites (tertiary alicyclic amines) is 1. The predicted molar refractivity (Wildman–Crippen MR) is 121 cm³/mol. The third-order valence-corrected chi connectivity index (χ3v) is 6.22. The quantitative estimate of drug-likeness (QED) is 0.478. The third kappa shape index (κ3) is 5.38. The predicted octanol–water partition coefficient (Wildman–Crippen LogP) is 2.92. The molecule has 1 aliphatic heterocycles. The van der Waals surface area contributed by atoms with Crippen LogP contribution in [0.5, 0.6) is 0 Å². The number of benzene rings is 1. The van der Waals surface area contributed by atoms with E-state index in [1.54, 1.807) is 25.1 Å². The summed E-state index contributed by atoms with van der Waals surface area (Å²) in [5.41, 5.74) is 0.792. The highest BCUT2D eigenvalue weighted by Crippen LogP contribution is 2.35. The van der Waals surface area contributed by atoms with Crippen molar-refractivity contribution in [1.82, 2.24) is 15.1 Å². The van der Waals surface area contributed by atoms with E-state index in [2.05, 4.69) is 5.32 Å². The summed E-state index contributed by atoms with van der Waals surface area (Å²) >= 11 is 6.09. The van der Waals surface area contributed by atoms with Gasteiger partial charge in [-0.15, -0.1) is 0 Å². The maximum atomic E-state index is 13.2. The van der Waals surface area contributed by atoms with E-state index in [1.165, 1.54) is 9.80 Å². The SMILES string of the molecule is CC(C)NC(=O)C(C)N(Cc1cccc(Cl)c1)C(=O)CCN1C(=O)[C@H]2CC=CC[C@H]2C1=O. The molecule has 3 atom stereocenters. The van der Waals surface area contributed by atoms with Crippen LogP contribution in [0.25, 0.3) is 0 Å². The lowest BCUT2D eigenvalue weighted by Gasteiger charge is -2.30. The molecule has 2 aliphatic rings. The van der Waals surface area contributed by atoms with Gasteiger partial charge in [-0.25, -0.2) is 0 Å². The molecule has 1 aromatic rings. The summed E-state index contributed by atoms with van der Waals surface area (Å²) in [5.74, 6) is -1.61. The molecule has 0 aromatic heterocycles. The zero-order valence-corrected chi connectivity index (χ0v) is 19.5. The van der Waals surface area contributed by atoms with Crippen LogP contribution in [-0.2, 0) is 25.7 Å². The first kappa shape index (κ1) is 24.0. The van der Waals surface area contributed by atoms with Crippen LogP contribution in [0.2, 0.25) is 5.02 Å². The second-order valence-electron chi connectivity index (χ2n) is 8.72. The number of rotatable bonds is 8. The second kappa shape index (κ2) is 10.3. The highest BCUT2D eigenvalue weighted by molar-refractivity contribution is 6.30. The van der Waals surface area contributed by atoms with Crippen molar-refractivity contribution in [3.63, 3.8) is 0 Å². The molecule has 1 heterocycles. The Labute approximate surface area is 193 Å². The summed E-state index contributed by atoms with van der Waals surface area (Å²) in [5, 5.41) is 3.38. The Morgan fingerprint density at radius 1 is 1.12 bits per heavy atom. The van der Waals surface area contributed by atoms with E-state index in [-0.39, 0.29) is 61.0 Å². The summed E-state index contributed by atoms with van der Waals surface area (Å²) in [7, 11) is 0. The molecule has 0 bridgehead atoms. The van der Waals surface area contributed by atoms with Crippen LogP contribution in [0, 0.1) is 11.8 Å². The van der Waals surface area contributed by atoms with Crippen LogP contribution in [0.4, 0.5) is 0 Å². The first-order valence-electron chi connectivity index (χ1n) is 11.0. The summed E-state index contributed by atoms with van der Waals surface area (Å²) in [6, 6.07) is 6.33. The summed E-state index contributed by atoms with van der Waals surface area (Å²) in [6.45, 7) is 5.60. The molecule has 7 nitrogen and oxygen atoms in total. The number of hydrogen-bond acceptors (Lipinski definition) is 4. The minimum absolute atomic E-state index is 0.0219. The van der Waals surface area contributed by atoms with Gasteiger partial charge >= 0.3 is 0 Å². The number of carbonyl (C=O) groups excluding carboxylic acids is 4. The molecule has 8 heteroatoms. The number of carbonyl (C=O) groups is 4. The van der Waals surface area contributed by atoms with Crippen LogP contribution in [-0.4, -0.2) is 52.1 Å². The van der Waals surface area contributed by atoms with Crippen LogP contribution in [0.3, 0.4) is 0 Å². The fourth-order valence-corrected chi connectivity index (χ4v) is 4.47. The van der Waals surface area contributed by atoms with Crippen LogP contribution in [0.15, 0.2) is 36.4 Å². The Kier molecular flexibility index (Phi) is 7.72. The molecule has 0 spiro atoms. The number of halogens is 1. The average molecular weight is 460 g/mol. The molecule has 0 radical (unpaired) electrons. The lowest BCUT2D eigenvalue weighted by molar-refractivity contribution is -0.143. The van der Waals surface area contributed by atoms with E-state index in [4.69, 9.17) is 11.6 Å². The first-order chi connectivity index (χ1) is 15.2. The number of nitrogens with one attached hydrogen (secondary N) is 1. The van der Waals surface area contributed by atoms with E-state index in [1.807, 2.05) is 32.1 Å². The van der Waals surface area contributed by atoms with Crippen molar-refractivity contribution in [2.75, 3.05) is 6.54 Å². The van der Waals surface area contributed by atoms with E-state index in [0.717, 1.165) is 5.56 Å². The Balaban J connectivity index is 1.72. The summed E-state index contributed by atoms with van der Waals surface area (Å²) in [4.78, 5) is 53.9. The molecule has 3 rings (SSSR count). The van der Waals surface area contributed by atoms with E-state index in [0.29, 0.717) is 17.9 Å². The van der Waals surface area contributed by atoms with Gasteiger partial charge in [-0.1, -0.05) is 35.9 Å². The zero-order valence-electron chi connectivity index (χ0n) is 18.7. The number of hydrogen-bond donors (Lipinski definition) is 1. The van der Waals surface area contributed by atoms with Crippen LogP contribution >= 0.6 is 11.6 Å². The fraction of sp³-hybridized carbons (Fsp3) is 0.500. The van der Waals surface area contributed by atoms with E-state index < -0.39 is 6.04 Å². The molecular formula is C24H30ClN3O4. The summed E-state index contributed by atoms with van der Waals surface area (Å²) < 4.78 is 0. The van der Waals surface area contributed by atoms with Crippen molar-refractivity contribution in [3.05, 3.63) is 47.0 Å². The van der Waals surface area contributed by atoms with Gasteiger partial charge in [0.2, 0.25) is 23.6 Å². The van der Waals surface area contributed by atoms with Gasteiger partial charge in [-0.3, -0.25) is 24.1 Å². The van der Waals surface area contributed by atoms with Gasteiger partial charge in [-0.05, 0) is 51.3 Å². The van der Waals surface area contributed by atoms with Gasteiger partial charge in [0.25, 0.3) is 0 Å². The van der Waals surface area contributed by atoms with E-state index in [9.17, 15) is 19.2 Å². The molecule has 1 aromatic carbocycles. The van der Waals surface area contributed by atoms with E-state index >= 15 is 0 Å². The maximum Gasteiger partial charge on any atom is 0.242 e. The standard InChI is InChI=1S/C24H30ClN3O4/c1-15(2)26-22(30)16(3)28(14-17-7-6-8-18(25)13-17)21(29)11-12-27-23(31)19-9-4-5-10-20(19)24(27)32/h4-8,13,15-16,19-20H,9-12,14H2,1-3H3,(H,26,30)/t16?,19-,20+. The minimum Gasteiger partial charge on any atom is -0.352 e. The van der Waals surface area contributed by atoms with Gasteiger partial charge < -0.3 is 10.2 Å². The van der Waals surface area contributed by atoms with Crippen LogP contribution < -0.4 is 5.32 Å². The molecule has 4 amide bonds. The highest BCUT2D eigenvalue weighted by atomic mass is 35.5. The van der Waals surface area contributed by atoms with Gasteiger partial charge in [0.1, 0.15) is 6.04 Å². The monoisotopic (exact) mass is 459 g/mol. The number of allylic oxidation sites excluding steroid dienone is 2. The maximum absolute atomic E-state index is 13.2. The molecule has 1 aliphatic carbocycles. The van der Waals surface area contributed by atoms with Gasteiger partial charge in [0, 0.05) is 30.6 Å².